The Bertz CT molecular complexity index is 621. The average molecular weight is 362 g/mol. The normalized spacial score (nSPS) is 17.3. The van der Waals surface area contributed by atoms with Crippen LogP contribution in [-0.4, -0.2) is 58.1 Å². The van der Waals surface area contributed by atoms with Crippen molar-refractivity contribution in [1.82, 2.24) is 4.31 Å². The molecule has 1 aliphatic rings. The van der Waals surface area contributed by atoms with Gasteiger partial charge in [-0.3, -0.25) is 0 Å². The third-order valence-corrected chi connectivity index (χ3v) is 6.64. The Morgan fingerprint density at radius 3 is 2.74 bits per heavy atom. The molecule has 1 aromatic rings. The first kappa shape index (κ1) is 18.3. The number of sulfonamides is 1. The highest BCUT2D eigenvalue weighted by Gasteiger charge is 2.30. The van der Waals surface area contributed by atoms with Crippen LogP contribution in [-0.2, 0) is 19.5 Å². The van der Waals surface area contributed by atoms with Crippen molar-refractivity contribution in [2.45, 2.75) is 30.3 Å². The van der Waals surface area contributed by atoms with E-state index in [-0.39, 0.29) is 15.9 Å². The van der Waals surface area contributed by atoms with E-state index in [4.69, 9.17) is 10.5 Å². The van der Waals surface area contributed by atoms with Gasteiger partial charge in [0.1, 0.15) is 4.88 Å². The predicted molar refractivity (Wildman–Crippen MR) is 87.1 cm³/mol. The SMILES string of the molecule is COC(=O)c1cc(S(=O)(=O)N2CCC(OCCCN)CC2)cs1. The number of carbonyl (C=O) groups is 1. The Labute approximate surface area is 140 Å². The highest BCUT2D eigenvalue weighted by atomic mass is 32.2. The number of methoxy groups -OCH3 is 1. The van der Waals surface area contributed by atoms with Crippen LogP contribution >= 0.6 is 11.3 Å². The van der Waals surface area contributed by atoms with E-state index in [9.17, 15) is 13.2 Å². The van der Waals surface area contributed by atoms with Crippen molar-refractivity contribution in [3.63, 3.8) is 0 Å². The zero-order chi connectivity index (χ0) is 16.9. The van der Waals surface area contributed by atoms with Crippen molar-refractivity contribution >= 4 is 27.3 Å². The maximum Gasteiger partial charge on any atom is 0.348 e. The van der Waals surface area contributed by atoms with Gasteiger partial charge < -0.3 is 15.2 Å². The van der Waals surface area contributed by atoms with Gasteiger partial charge in [0.25, 0.3) is 0 Å². The fourth-order valence-corrected chi connectivity index (χ4v) is 5.03. The summed E-state index contributed by atoms with van der Waals surface area (Å²) >= 11 is 1.07. The Hall–Kier alpha value is -1.00. The van der Waals surface area contributed by atoms with Gasteiger partial charge in [0, 0.05) is 25.1 Å². The van der Waals surface area contributed by atoms with E-state index in [1.54, 1.807) is 0 Å². The van der Waals surface area contributed by atoms with E-state index in [0.717, 1.165) is 17.8 Å². The van der Waals surface area contributed by atoms with E-state index in [1.807, 2.05) is 0 Å². The minimum absolute atomic E-state index is 0.0844. The smallest absolute Gasteiger partial charge is 0.348 e. The van der Waals surface area contributed by atoms with Crippen LogP contribution in [0, 0.1) is 0 Å². The fraction of sp³-hybridized carbons (Fsp3) is 0.643. The summed E-state index contributed by atoms with van der Waals surface area (Å²) in [6.45, 7) is 2.03. The first-order valence-corrected chi connectivity index (χ1v) is 9.79. The number of piperidine rings is 1. The molecule has 9 heteroatoms. The molecule has 23 heavy (non-hydrogen) atoms. The van der Waals surface area contributed by atoms with Gasteiger partial charge in [-0.2, -0.15) is 4.31 Å². The average Bonchev–Trinajstić information content (AvgIpc) is 3.06. The molecule has 0 radical (unpaired) electrons. The topological polar surface area (TPSA) is 98.9 Å². The fourth-order valence-electron chi connectivity index (χ4n) is 2.38. The summed E-state index contributed by atoms with van der Waals surface area (Å²) < 4.78 is 36.9. The van der Waals surface area contributed by atoms with Crippen LogP contribution in [0.4, 0.5) is 0 Å². The van der Waals surface area contributed by atoms with Crippen LogP contribution < -0.4 is 5.73 Å². The summed E-state index contributed by atoms with van der Waals surface area (Å²) in [5.41, 5.74) is 5.42. The molecule has 130 valence electrons. The molecule has 2 rings (SSSR count). The molecule has 1 aliphatic heterocycles. The number of carbonyl (C=O) groups excluding carboxylic acids is 1. The Balaban J connectivity index is 1.96. The van der Waals surface area contributed by atoms with E-state index >= 15 is 0 Å². The van der Waals surface area contributed by atoms with Crippen molar-refractivity contribution in [3.8, 4) is 0 Å². The maximum absolute atomic E-state index is 12.6. The van der Waals surface area contributed by atoms with Gasteiger partial charge in [0.2, 0.25) is 10.0 Å². The number of hydrogen-bond donors (Lipinski definition) is 1. The summed E-state index contributed by atoms with van der Waals surface area (Å²) in [6.07, 6.45) is 2.22. The molecule has 7 nitrogen and oxygen atoms in total. The van der Waals surface area contributed by atoms with Crippen molar-refractivity contribution in [1.29, 1.82) is 0 Å². The molecular formula is C14H22N2O5S2. The summed E-state index contributed by atoms with van der Waals surface area (Å²) in [5, 5.41) is 1.48. The van der Waals surface area contributed by atoms with Gasteiger partial charge in [-0.05, 0) is 31.9 Å². The number of thiophene rings is 1. The Morgan fingerprint density at radius 2 is 2.13 bits per heavy atom. The number of esters is 1. The van der Waals surface area contributed by atoms with Crippen molar-refractivity contribution in [2.24, 2.45) is 5.73 Å². The molecule has 0 atom stereocenters. The highest BCUT2D eigenvalue weighted by Crippen LogP contribution is 2.26. The van der Waals surface area contributed by atoms with E-state index < -0.39 is 16.0 Å². The van der Waals surface area contributed by atoms with Crippen LogP contribution in [0.5, 0.6) is 0 Å². The van der Waals surface area contributed by atoms with Crippen LogP contribution in [0.3, 0.4) is 0 Å². The molecule has 0 spiro atoms. The molecule has 1 fully saturated rings. The highest BCUT2D eigenvalue weighted by molar-refractivity contribution is 7.89. The quantitative estimate of drug-likeness (QED) is 0.575. The lowest BCUT2D eigenvalue weighted by Crippen LogP contribution is -2.40. The summed E-state index contributed by atoms with van der Waals surface area (Å²) in [4.78, 5) is 11.9. The Kier molecular flexibility index (Phi) is 6.54. The van der Waals surface area contributed by atoms with Crippen molar-refractivity contribution < 1.29 is 22.7 Å². The molecule has 1 aromatic heterocycles. The standard InChI is InChI=1S/C14H22N2O5S2/c1-20-14(17)13-9-12(10-22-13)23(18,19)16-6-3-11(4-7-16)21-8-2-5-15/h9-11H,2-8,15H2,1H3. The van der Waals surface area contributed by atoms with Crippen LogP contribution in [0.25, 0.3) is 0 Å². The summed E-state index contributed by atoms with van der Waals surface area (Å²) in [6, 6.07) is 1.37. The lowest BCUT2D eigenvalue weighted by molar-refractivity contribution is 0.0209. The molecular weight excluding hydrogens is 340 g/mol. The van der Waals surface area contributed by atoms with E-state index in [0.29, 0.717) is 39.1 Å². The third-order valence-electron chi connectivity index (χ3n) is 3.70. The number of nitrogens with two attached hydrogens (primary N) is 1. The molecule has 0 aliphatic carbocycles. The molecule has 0 unspecified atom stereocenters. The van der Waals surface area contributed by atoms with Crippen molar-refractivity contribution in [3.05, 3.63) is 16.3 Å². The zero-order valence-corrected chi connectivity index (χ0v) is 14.7. The first-order chi connectivity index (χ1) is 11.0. The summed E-state index contributed by atoms with van der Waals surface area (Å²) in [5.74, 6) is -0.525. The lowest BCUT2D eigenvalue weighted by atomic mass is 10.1. The number of nitrogens with zero attached hydrogens (tertiary/aromatic N) is 1. The minimum atomic E-state index is -3.57. The van der Waals surface area contributed by atoms with Gasteiger partial charge in [-0.15, -0.1) is 11.3 Å². The molecule has 0 saturated carbocycles. The van der Waals surface area contributed by atoms with E-state index in [2.05, 4.69) is 4.74 Å². The molecule has 2 N–H and O–H groups in total. The van der Waals surface area contributed by atoms with Gasteiger partial charge in [0.05, 0.1) is 18.1 Å². The van der Waals surface area contributed by atoms with E-state index in [1.165, 1.54) is 22.9 Å². The molecule has 2 heterocycles. The molecule has 0 amide bonds. The largest absolute Gasteiger partial charge is 0.465 e. The van der Waals surface area contributed by atoms with Gasteiger partial charge in [0.15, 0.2) is 0 Å². The second kappa shape index (κ2) is 8.20. The lowest BCUT2D eigenvalue weighted by Gasteiger charge is -2.30. The number of hydrogen-bond acceptors (Lipinski definition) is 7. The second-order valence-corrected chi connectivity index (χ2v) is 8.10. The first-order valence-electron chi connectivity index (χ1n) is 7.47. The van der Waals surface area contributed by atoms with Gasteiger partial charge in [-0.1, -0.05) is 0 Å². The van der Waals surface area contributed by atoms with Crippen LogP contribution in [0.2, 0.25) is 0 Å². The monoisotopic (exact) mass is 362 g/mol. The minimum Gasteiger partial charge on any atom is -0.465 e. The van der Waals surface area contributed by atoms with Gasteiger partial charge >= 0.3 is 5.97 Å². The van der Waals surface area contributed by atoms with Gasteiger partial charge in [-0.25, -0.2) is 13.2 Å². The number of ether oxygens (including phenoxy) is 2. The molecule has 1 saturated heterocycles. The summed E-state index contributed by atoms with van der Waals surface area (Å²) in [7, 11) is -2.30. The van der Waals surface area contributed by atoms with Crippen LogP contribution in [0.15, 0.2) is 16.3 Å². The predicted octanol–water partition coefficient (Wildman–Crippen LogP) is 1.05. The Morgan fingerprint density at radius 1 is 1.43 bits per heavy atom. The molecule has 0 bridgehead atoms. The van der Waals surface area contributed by atoms with Crippen LogP contribution in [0.1, 0.15) is 28.9 Å². The number of rotatable bonds is 7. The second-order valence-electron chi connectivity index (χ2n) is 5.25. The third kappa shape index (κ3) is 4.51. The maximum atomic E-state index is 12.6. The molecule has 0 aromatic carbocycles. The van der Waals surface area contributed by atoms with Crippen molar-refractivity contribution in [2.75, 3.05) is 33.4 Å². The zero-order valence-electron chi connectivity index (χ0n) is 13.1.